The number of carbonyl (C=O) groups is 1. The molecule has 21 heavy (non-hydrogen) atoms. The molecule has 0 heterocycles. The van der Waals surface area contributed by atoms with Crippen LogP contribution in [0.1, 0.15) is 62.7 Å². The first kappa shape index (κ1) is 16.0. The third-order valence-corrected chi connectivity index (χ3v) is 4.18. The van der Waals surface area contributed by atoms with E-state index < -0.39 is 5.60 Å². The van der Waals surface area contributed by atoms with Crippen LogP contribution >= 0.6 is 0 Å². The molecule has 0 aromatic heterocycles. The Morgan fingerprint density at radius 2 is 1.81 bits per heavy atom. The SMILES string of the molecule is COC1(C(=O)c2cccc(OC(C)C)c2)CCCCCC1. The fourth-order valence-electron chi connectivity index (χ4n) is 3.07. The topological polar surface area (TPSA) is 35.5 Å². The lowest BCUT2D eigenvalue weighted by molar-refractivity contribution is -0.00694. The van der Waals surface area contributed by atoms with Crippen molar-refractivity contribution in [1.82, 2.24) is 0 Å². The van der Waals surface area contributed by atoms with Crippen LogP contribution < -0.4 is 4.74 Å². The van der Waals surface area contributed by atoms with Crippen molar-refractivity contribution >= 4 is 5.78 Å². The molecule has 116 valence electrons. The molecule has 0 amide bonds. The largest absolute Gasteiger partial charge is 0.491 e. The van der Waals surface area contributed by atoms with Crippen LogP contribution in [0.2, 0.25) is 0 Å². The van der Waals surface area contributed by atoms with Gasteiger partial charge >= 0.3 is 0 Å². The molecule has 3 nitrogen and oxygen atoms in total. The zero-order chi connectivity index (χ0) is 15.3. The van der Waals surface area contributed by atoms with E-state index in [1.54, 1.807) is 7.11 Å². The van der Waals surface area contributed by atoms with E-state index in [2.05, 4.69) is 0 Å². The molecule has 0 saturated heterocycles. The van der Waals surface area contributed by atoms with Gasteiger partial charge in [-0.2, -0.15) is 0 Å². The van der Waals surface area contributed by atoms with E-state index in [0.717, 1.165) is 31.4 Å². The van der Waals surface area contributed by atoms with Gasteiger partial charge in [-0.1, -0.05) is 37.8 Å². The van der Waals surface area contributed by atoms with Crippen molar-refractivity contribution in [3.05, 3.63) is 29.8 Å². The van der Waals surface area contributed by atoms with E-state index in [9.17, 15) is 4.79 Å². The van der Waals surface area contributed by atoms with E-state index in [0.29, 0.717) is 5.56 Å². The highest BCUT2D eigenvalue weighted by Crippen LogP contribution is 2.33. The summed E-state index contributed by atoms with van der Waals surface area (Å²) in [5, 5.41) is 0. The summed E-state index contributed by atoms with van der Waals surface area (Å²) in [6.45, 7) is 3.97. The zero-order valence-electron chi connectivity index (χ0n) is 13.4. The fourth-order valence-corrected chi connectivity index (χ4v) is 3.07. The van der Waals surface area contributed by atoms with Crippen molar-refractivity contribution < 1.29 is 14.3 Å². The van der Waals surface area contributed by atoms with Crippen molar-refractivity contribution in [2.24, 2.45) is 0 Å². The maximum Gasteiger partial charge on any atom is 0.194 e. The summed E-state index contributed by atoms with van der Waals surface area (Å²) in [7, 11) is 1.66. The van der Waals surface area contributed by atoms with Crippen molar-refractivity contribution in [1.29, 1.82) is 0 Å². The van der Waals surface area contributed by atoms with Crippen LogP contribution in [0.4, 0.5) is 0 Å². The van der Waals surface area contributed by atoms with Gasteiger partial charge in [-0.25, -0.2) is 0 Å². The summed E-state index contributed by atoms with van der Waals surface area (Å²) < 4.78 is 11.4. The van der Waals surface area contributed by atoms with Crippen LogP contribution in [0.5, 0.6) is 5.75 Å². The van der Waals surface area contributed by atoms with Gasteiger partial charge in [-0.3, -0.25) is 4.79 Å². The lowest BCUT2D eigenvalue weighted by atomic mass is 9.85. The van der Waals surface area contributed by atoms with E-state index in [1.165, 1.54) is 12.8 Å². The van der Waals surface area contributed by atoms with Gasteiger partial charge in [0.2, 0.25) is 0 Å². The van der Waals surface area contributed by atoms with Gasteiger partial charge in [0.05, 0.1) is 6.10 Å². The van der Waals surface area contributed by atoms with Gasteiger partial charge in [0.25, 0.3) is 0 Å². The Hall–Kier alpha value is -1.35. The van der Waals surface area contributed by atoms with Crippen molar-refractivity contribution in [2.75, 3.05) is 7.11 Å². The predicted octanol–water partition coefficient (Wildman–Crippen LogP) is 4.40. The molecule has 0 N–H and O–H groups in total. The molecule has 1 fully saturated rings. The molecule has 1 saturated carbocycles. The van der Waals surface area contributed by atoms with E-state index in [-0.39, 0.29) is 11.9 Å². The Kier molecular flexibility index (Phi) is 5.40. The van der Waals surface area contributed by atoms with Crippen LogP contribution in [0.15, 0.2) is 24.3 Å². The molecule has 0 bridgehead atoms. The number of benzene rings is 1. The molecular weight excluding hydrogens is 264 g/mol. The predicted molar refractivity (Wildman–Crippen MR) is 84.0 cm³/mol. The summed E-state index contributed by atoms with van der Waals surface area (Å²) in [5.41, 5.74) is 0.0457. The Balaban J connectivity index is 2.24. The molecule has 0 unspecified atom stereocenters. The maximum absolute atomic E-state index is 13.0. The second-order valence-electron chi connectivity index (χ2n) is 6.14. The minimum Gasteiger partial charge on any atom is -0.491 e. The molecule has 2 rings (SSSR count). The molecule has 0 aliphatic heterocycles. The standard InChI is InChI=1S/C18H26O3/c1-14(2)21-16-10-8-9-15(13-16)17(19)18(20-3)11-6-4-5-7-12-18/h8-10,13-14H,4-7,11-12H2,1-3H3. The van der Waals surface area contributed by atoms with Crippen molar-refractivity contribution in [3.63, 3.8) is 0 Å². The van der Waals surface area contributed by atoms with Crippen molar-refractivity contribution in [3.8, 4) is 5.75 Å². The van der Waals surface area contributed by atoms with Crippen LogP contribution in [-0.2, 0) is 4.74 Å². The van der Waals surface area contributed by atoms with E-state index >= 15 is 0 Å². The average molecular weight is 290 g/mol. The summed E-state index contributed by atoms with van der Waals surface area (Å²) in [6, 6.07) is 7.48. The molecular formula is C18H26O3. The Bertz CT molecular complexity index is 471. The summed E-state index contributed by atoms with van der Waals surface area (Å²) in [4.78, 5) is 13.0. The highest BCUT2D eigenvalue weighted by molar-refractivity contribution is 6.02. The van der Waals surface area contributed by atoms with Crippen LogP contribution in [0.3, 0.4) is 0 Å². The molecule has 0 radical (unpaired) electrons. The molecule has 0 atom stereocenters. The van der Waals surface area contributed by atoms with E-state index in [1.807, 2.05) is 38.1 Å². The number of hydrogen-bond donors (Lipinski definition) is 0. The second-order valence-corrected chi connectivity index (χ2v) is 6.14. The summed E-state index contributed by atoms with van der Waals surface area (Å²) in [6.07, 6.45) is 6.23. The first-order valence-electron chi connectivity index (χ1n) is 7.94. The monoisotopic (exact) mass is 290 g/mol. The third-order valence-electron chi connectivity index (χ3n) is 4.18. The fraction of sp³-hybridized carbons (Fsp3) is 0.611. The number of ether oxygens (including phenoxy) is 2. The van der Waals surface area contributed by atoms with Crippen molar-refractivity contribution in [2.45, 2.75) is 64.1 Å². The van der Waals surface area contributed by atoms with E-state index in [4.69, 9.17) is 9.47 Å². The first-order chi connectivity index (χ1) is 10.1. The van der Waals surface area contributed by atoms with Gasteiger partial charge in [0.15, 0.2) is 5.78 Å². The highest BCUT2D eigenvalue weighted by atomic mass is 16.5. The molecule has 1 aliphatic rings. The lowest BCUT2D eigenvalue weighted by Crippen LogP contribution is -2.40. The number of Topliss-reactive ketones (excluding diaryl/α,β-unsaturated/α-hetero) is 1. The quantitative estimate of drug-likeness (QED) is 0.595. The zero-order valence-corrected chi connectivity index (χ0v) is 13.4. The van der Waals surface area contributed by atoms with Gasteiger partial charge in [0, 0.05) is 12.7 Å². The minimum absolute atomic E-state index is 0.0982. The maximum atomic E-state index is 13.0. The third kappa shape index (κ3) is 3.85. The van der Waals surface area contributed by atoms with Crippen LogP contribution in [0.25, 0.3) is 0 Å². The van der Waals surface area contributed by atoms with Crippen LogP contribution in [0, 0.1) is 0 Å². The Labute approximate surface area is 127 Å². The smallest absolute Gasteiger partial charge is 0.194 e. The Morgan fingerprint density at radius 1 is 1.14 bits per heavy atom. The second kappa shape index (κ2) is 7.08. The number of hydrogen-bond acceptors (Lipinski definition) is 3. The summed E-state index contributed by atoms with van der Waals surface area (Å²) in [5.74, 6) is 0.844. The lowest BCUT2D eigenvalue weighted by Gasteiger charge is -2.30. The number of methoxy groups -OCH3 is 1. The number of ketones is 1. The molecule has 1 aromatic carbocycles. The molecule has 3 heteroatoms. The summed E-state index contributed by atoms with van der Waals surface area (Å²) >= 11 is 0. The Morgan fingerprint density at radius 3 is 2.38 bits per heavy atom. The molecule has 0 spiro atoms. The number of carbonyl (C=O) groups excluding carboxylic acids is 1. The average Bonchev–Trinajstić information content (AvgIpc) is 2.72. The van der Waals surface area contributed by atoms with Gasteiger partial charge in [-0.15, -0.1) is 0 Å². The van der Waals surface area contributed by atoms with Crippen LogP contribution in [-0.4, -0.2) is 24.6 Å². The first-order valence-corrected chi connectivity index (χ1v) is 7.94. The van der Waals surface area contributed by atoms with Gasteiger partial charge < -0.3 is 9.47 Å². The molecule has 1 aromatic rings. The normalized spacial score (nSPS) is 18.3. The minimum atomic E-state index is -0.646. The van der Waals surface area contributed by atoms with Gasteiger partial charge in [-0.05, 0) is 38.8 Å². The van der Waals surface area contributed by atoms with Gasteiger partial charge in [0.1, 0.15) is 11.4 Å². The molecule has 1 aliphatic carbocycles. The highest BCUT2D eigenvalue weighted by Gasteiger charge is 2.39. The number of rotatable bonds is 5.